The minimum atomic E-state index is -0.479. The van der Waals surface area contributed by atoms with E-state index in [9.17, 15) is 14.9 Å². The first-order valence-corrected chi connectivity index (χ1v) is 7.09. The number of likely N-dealkylation sites (tertiary alicyclic amines) is 1. The average molecular weight is 292 g/mol. The number of rotatable bonds is 6. The SMILES string of the molecule is COCC1CCN(CC(=O)c2cccc([N+](=O)[O-])c2)CC1. The van der Waals surface area contributed by atoms with Gasteiger partial charge in [-0.2, -0.15) is 0 Å². The van der Waals surface area contributed by atoms with Gasteiger partial charge in [0.2, 0.25) is 0 Å². The Labute approximate surface area is 123 Å². The molecule has 1 saturated heterocycles. The summed E-state index contributed by atoms with van der Waals surface area (Å²) in [5.41, 5.74) is 0.364. The van der Waals surface area contributed by atoms with Gasteiger partial charge in [-0.15, -0.1) is 0 Å². The Morgan fingerprint density at radius 2 is 2.14 bits per heavy atom. The van der Waals surface area contributed by atoms with E-state index in [2.05, 4.69) is 4.90 Å². The van der Waals surface area contributed by atoms with Crippen LogP contribution in [0.15, 0.2) is 24.3 Å². The van der Waals surface area contributed by atoms with Gasteiger partial charge in [-0.05, 0) is 31.8 Å². The van der Waals surface area contributed by atoms with Crippen LogP contribution in [0.2, 0.25) is 0 Å². The van der Waals surface area contributed by atoms with Crippen molar-refractivity contribution in [3.8, 4) is 0 Å². The molecule has 1 aliphatic rings. The number of hydrogen-bond donors (Lipinski definition) is 0. The predicted molar refractivity (Wildman–Crippen MR) is 78.5 cm³/mol. The number of Topliss-reactive ketones (excluding diaryl/α,β-unsaturated/α-hetero) is 1. The number of hydrogen-bond acceptors (Lipinski definition) is 5. The van der Waals surface area contributed by atoms with Crippen LogP contribution < -0.4 is 0 Å². The zero-order valence-electron chi connectivity index (χ0n) is 12.2. The maximum Gasteiger partial charge on any atom is 0.270 e. The highest BCUT2D eigenvalue weighted by molar-refractivity contribution is 5.98. The number of ketones is 1. The third-order valence-electron chi connectivity index (χ3n) is 3.86. The molecule has 6 nitrogen and oxygen atoms in total. The maximum atomic E-state index is 12.2. The van der Waals surface area contributed by atoms with E-state index in [4.69, 9.17) is 4.74 Å². The Balaban J connectivity index is 1.90. The van der Waals surface area contributed by atoms with Crippen molar-refractivity contribution in [3.63, 3.8) is 0 Å². The molecule has 0 aliphatic carbocycles. The summed E-state index contributed by atoms with van der Waals surface area (Å²) in [6, 6.07) is 5.93. The summed E-state index contributed by atoms with van der Waals surface area (Å²) in [6.07, 6.45) is 2.05. The number of nitro benzene ring substituents is 1. The normalized spacial score (nSPS) is 16.8. The summed E-state index contributed by atoms with van der Waals surface area (Å²) >= 11 is 0. The van der Waals surface area contributed by atoms with Crippen LogP contribution in [-0.4, -0.2) is 49.0 Å². The summed E-state index contributed by atoms with van der Waals surface area (Å²) < 4.78 is 5.15. The molecule has 0 amide bonds. The standard InChI is InChI=1S/C15H20N2O4/c1-21-11-12-5-7-16(8-6-12)10-15(18)13-3-2-4-14(9-13)17(19)20/h2-4,9,12H,5-8,10-11H2,1H3. The van der Waals surface area contributed by atoms with Gasteiger partial charge in [0.25, 0.3) is 5.69 Å². The molecule has 114 valence electrons. The highest BCUT2D eigenvalue weighted by atomic mass is 16.6. The van der Waals surface area contributed by atoms with Crippen molar-refractivity contribution in [2.45, 2.75) is 12.8 Å². The Kier molecular flexibility index (Phi) is 5.41. The molecule has 0 saturated carbocycles. The van der Waals surface area contributed by atoms with Gasteiger partial charge in [-0.3, -0.25) is 19.8 Å². The number of carbonyl (C=O) groups excluding carboxylic acids is 1. The lowest BCUT2D eigenvalue weighted by molar-refractivity contribution is -0.384. The number of carbonyl (C=O) groups is 1. The summed E-state index contributed by atoms with van der Waals surface area (Å²) in [5.74, 6) is 0.503. The number of nitrogens with zero attached hydrogens (tertiary/aromatic N) is 2. The fraction of sp³-hybridized carbons (Fsp3) is 0.533. The number of piperidine rings is 1. The smallest absolute Gasteiger partial charge is 0.270 e. The lowest BCUT2D eigenvalue weighted by atomic mass is 9.97. The first-order valence-electron chi connectivity index (χ1n) is 7.09. The maximum absolute atomic E-state index is 12.2. The second kappa shape index (κ2) is 7.28. The first kappa shape index (κ1) is 15.6. The van der Waals surface area contributed by atoms with Crippen LogP contribution in [0.3, 0.4) is 0 Å². The van der Waals surface area contributed by atoms with E-state index >= 15 is 0 Å². The topological polar surface area (TPSA) is 72.7 Å². The number of ether oxygens (including phenoxy) is 1. The molecule has 1 heterocycles. The quantitative estimate of drug-likeness (QED) is 0.456. The van der Waals surface area contributed by atoms with Gasteiger partial charge < -0.3 is 4.74 Å². The molecule has 1 aliphatic heterocycles. The number of methoxy groups -OCH3 is 1. The number of benzene rings is 1. The molecule has 1 aromatic rings. The molecule has 0 spiro atoms. The van der Waals surface area contributed by atoms with Crippen LogP contribution in [0.4, 0.5) is 5.69 Å². The van der Waals surface area contributed by atoms with Gasteiger partial charge in [-0.1, -0.05) is 12.1 Å². The molecule has 0 N–H and O–H groups in total. The van der Waals surface area contributed by atoms with E-state index < -0.39 is 4.92 Å². The summed E-state index contributed by atoms with van der Waals surface area (Å²) in [4.78, 5) is 24.6. The van der Waals surface area contributed by atoms with Crippen molar-refractivity contribution in [3.05, 3.63) is 39.9 Å². The van der Waals surface area contributed by atoms with Crippen molar-refractivity contribution >= 4 is 11.5 Å². The van der Waals surface area contributed by atoms with E-state index in [1.807, 2.05) is 0 Å². The lowest BCUT2D eigenvalue weighted by Gasteiger charge is -2.30. The third-order valence-corrected chi connectivity index (χ3v) is 3.86. The average Bonchev–Trinajstić information content (AvgIpc) is 2.49. The van der Waals surface area contributed by atoms with Gasteiger partial charge in [0.1, 0.15) is 0 Å². The molecule has 0 unspecified atom stereocenters. The molecule has 21 heavy (non-hydrogen) atoms. The fourth-order valence-corrected chi connectivity index (χ4v) is 2.63. The van der Waals surface area contributed by atoms with E-state index in [1.54, 1.807) is 19.2 Å². The van der Waals surface area contributed by atoms with Crippen molar-refractivity contribution in [2.75, 3.05) is 33.4 Å². The van der Waals surface area contributed by atoms with E-state index in [1.165, 1.54) is 12.1 Å². The van der Waals surface area contributed by atoms with E-state index in [0.717, 1.165) is 32.5 Å². The molecule has 6 heteroatoms. The van der Waals surface area contributed by atoms with Gasteiger partial charge in [-0.25, -0.2) is 0 Å². The Morgan fingerprint density at radius 1 is 1.43 bits per heavy atom. The second-order valence-corrected chi connectivity index (χ2v) is 5.41. The second-order valence-electron chi connectivity index (χ2n) is 5.41. The van der Waals surface area contributed by atoms with Crippen molar-refractivity contribution < 1.29 is 14.5 Å². The van der Waals surface area contributed by atoms with Crippen LogP contribution in [0.5, 0.6) is 0 Å². The number of non-ortho nitro benzene ring substituents is 1. The van der Waals surface area contributed by atoms with Gasteiger partial charge in [0.05, 0.1) is 11.5 Å². The van der Waals surface area contributed by atoms with Crippen LogP contribution in [0, 0.1) is 16.0 Å². The Bertz CT molecular complexity index is 510. The largest absolute Gasteiger partial charge is 0.384 e. The van der Waals surface area contributed by atoms with Gasteiger partial charge >= 0.3 is 0 Å². The molecule has 1 fully saturated rings. The summed E-state index contributed by atoms with van der Waals surface area (Å²) in [5, 5.41) is 10.7. The molecule has 0 bridgehead atoms. The summed E-state index contributed by atoms with van der Waals surface area (Å²) in [6.45, 7) is 2.83. The molecule has 0 aromatic heterocycles. The number of nitro groups is 1. The van der Waals surface area contributed by atoms with Crippen LogP contribution in [0.25, 0.3) is 0 Å². The Hall–Kier alpha value is -1.79. The zero-order valence-corrected chi connectivity index (χ0v) is 12.2. The molecule has 2 rings (SSSR count). The van der Waals surface area contributed by atoms with Crippen LogP contribution in [-0.2, 0) is 4.74 Å². The predicted octanol–water partition coefficient (Wildman–Crippen LogP) is 2.14. The highest BCUT2D eigenvalue weighted by Crippen LogP contribution is 2.18. The van der Waals surface area contributed by atoms with E-state index in [0.29, 0.717) is 18.0 Å². The monoisotopic (exact) mass is 292 g/mol. The Morgan fingerprint density at radius 3 is 2.76 bits per heavy atom. The molecule has 1 aromatic carbocycles. The summed E-state index contributed by atoms with van der Waals surface area (Å²) in [7, 11) is 1.71. The van der Waals surface area contributed by atoms with Gasteiger partial charge in [0, 0.05) is 31.4 Å². The molecular weight excluding hydrogens is 272 g/mol. The van der Waals surface area contributed by atoms with Crippen LogP contribution in [0.1, 0.15) is 23.2 Å². The lowest BCUT2D eigenvalue weighted by Crippen LogP contribution is -2.38. The molecular formula is C15H20N2O4. The van der Waals surface area contributed by atoms with Crippen LogP contribution >= 0.6 is 0 Å². The van der Waals surface area contributed by atoms with Gasteiger partial charge in [0.15, 0.2) is 5.78 Å². The van der Waals surface area contributed by atoms with Crippen molar-refractivity contribution in [1.82, 2.24) is 4.90 Å². The van der Waals surface area contributed by atoms with Crippen molar-refractivity contribution in [2.24, 2.45) is 5.92 Å². The highest BCUT2D eigenvalue weighted by Gasteiger charge is 2.21. The zero-order chi connectivity index (χ0) is 15.2. The van der Waals surface area contributed by atoms with Crippen molar-refractivity contribution in [1.29, 1.82) is 0 Å². The molecule has 0 radical (unpaired) electrons. The fourth-order valence-electron chi connectivity index (χ4n) is 2.63. The third kappa shape index (κ3) is 4.34. The minimum Gasteiger partial charge on any atom is -0.384 e. The molecule has 0 atom stereocenters. The van der Waals surface area contributed by atoms with E-state index in [-0.39, 0.29) is 11.5 Å². The minimum absolute atomic E-state index is 0.0420. The first-order chi connectivity index (χ1) is 10.1.